The molecule has 1 N–H and O–H groups in total. The first kappa shape index (κ1) is 15.5. The summed E-state index contributed by atoms with van der Waals surface area (Å²) in [6.45, 7) is 8.38. The minimum Gasteiger partial charge on any atom is -0.283 e. The van der Waals surface area contributed by atoms with Gasteiger partial charge in [0.2, 0.25) is 10.0 Å². The lowest BCUT2D eigenvalue weighted by molar-refractivity contribution is 0.606. The SMILES string of the molecule is CC(C)c1ccc(NS(=O)(=O)CBr)c(C(C)C)c1. The highest BCUT2D eigenvalue weighted by atomic mass is 79.9. The Labute approximate surface area is 118 Å². The molecule has 1 aromatic carbocycles. The molecule has 0 saturated carbocycles. The molecule has 5 heteroatoms. The van der Waals surface area contributed by atoms with E-state index in [0.29, 0.717) is 11.6 Å². The molecule has 0 heterocycles. The van der Waals surface area contributed by atoms with Gasteiger partial charge in [-0.3, -0.25) is 4.72 Å². The molecule has 1 rings (SSSR count). The van der Waals surface area contributed by atoms with E-state index in [1.165, 1.54) is 5.56 Å². The number of anilines is 1. The minimum atomic E-state index is -3.29. The largest absolute Gasteiger partial charge is 0.283 e. The van der Waals surface area contributed by atoms with Crippen molar-refractivity contribution in [3.63, 3.8) is 0 Å². The van der Waals surface area contributed by atoms with Crippen molar-refractivity contribution in [3.05, 3.63) is 29.3 Å². The van der Waals surface area contributed by atoms with Crippen molar-refractivity contribution in [1.29, 1.82) is 0 Å². The van der Waals surface area contributed by atoms with E-state index in [0.717, 1.165) is 5.56 Å². The van der Waals surface area contributed by atoms with Gasteiger partial charge in [-0.25, -0.2) is 8.42 Å². The molecule has 0 radical (unpaired) electrons. The van der Waals surface area contributed by atoms with Crippen LogP contribution in [0.15, 0.2) is 18.2 Å². The van der Waals surface area contributed by atoms with Gasteiger partial charge in [0.15, 0.2) is 0 Å². The Morgan fingerprint density at radius 2 is 1.78 bits per heavy atom. The zero-order valence-electron chi connectivity index (χ0n) is 11.2. The number of hydrogen-bond donors (Lipinski definition) is 1. The van der Waals surface area contributed by atoms with E-state index in [4.69, 9.17) is 0 Å². The van der Waals surface area contributed by atoms with Crippen LogP contribution < -0.4 is 4.72 Å². The normalized spacial score (nSPS) is 12.2. The summed E-state index contributed by atoms with van der Waals surface area (Å²) in [5.74, 6) is 0.709. The second kappa shape index (κ2) is 6.06. The Kier molecular flexibility index (Phi) is 5.22. The van der Waals surface area contributed by atoms with Gasteiger partial charge < -0.3 is 0 Å². The Morgan fingerprint density at radius 1 is 1.17 bits per heavy atom. The van der Waals surface area contributed by atoms with Crippen molar-refractivity contribution < 1.29 is 8.42 Å². The molecule has 18 heavy (non-hydrogen) atoms. The zero-order chi connectivity index (χ0) is 13.9. The lowest BCUT2D eigenvalue weighted by atomic mass is 9.94. The van der Waals surface area contributed by atoms with Crippen LogP contribution >= 0.6 is 15.9 Å². The number of halogens is 1. The fourth-order valence-electron chi connectivity index (χ4n) is 1.71. The van der Waals surface area contributed by atoms with Crippen molar-refractivity contribution in [1.82, 2.24) is 0 Å². The second-order valence-corrected chi connectivity index (χ2v) is 8.01. The molecule has 0 atom stereocenters. The number of hydrogen-bond acceptors (Lipinski definition) is 2. The summed E-state index contributed by atoms with van der Waals surface area (Å²) >= 11 is 2.98. The highest BCUT2D eigenvalue weighted by Crippen LogP contribution is 2.29. The highest BCUT2D eigenvalue weighted by molar-refractivity contribution is 9.10. The molecule has 0 saturated heterocycles. The van der Waals surface area contributed by atoms with Crippen LogP contribution in [0.3, 0.4) is 0 Å². The second-order valence-electron chi connectivity index (χ2n) is 4.98. The third-order valence-corrected chi connectivity index (χ3v) is 5.40. The number of sulfonamides is 1. The Hall–Kier alpha value is -0.550. The first-order chi connectivity index (χ1) is 8.26. The van der Waals surface area contributed by atoms with E-state index in [1.54, 1.807) is 0 Å². The quantitative estimate of drug-likeness (QED) is 0.827. The van der Waals surface area contributed by atoms with Gasteiger partial charge in [-0.1, -0.05) is 55.8 Å². The van der Waals surface area contributed by atoms with Crippen LogP contribution in [0.4, 0.5) is 5.69 Å². The van der Waals surface area contributed by atoms with Gasteiger partial charge in [0.1, 0.15) is 4.66 Å². The molecule has 0 aliphatic rings. The smallest absolute Gasteiger partial charge is 0.242 e. The van der Waals surface area contributed by atoms with E-state index < -0.39 is 10.0 Å². The monoisotopic (exact) mass is 333 g/mol. The summed E-state index contributed by atoms with van der Waals surface area (Å²) < 4.78 is 25.7. The molecule has 102 valence electrons. The van der Waals surface area contributed by atoms with Crippen molar-refractivity contribution >= 4 is 31.6 Å². The maximum Gasteiger partial charge on any atom is 0.242 e. The van der Waals surface area contributed by atoms with E-state index in [2.05, 4.69) is 54.4 Å². The molecule has 0 aliphatic carbocycles. The van der Waals surface area contributed by atoms with Crippen LogP contribution in [0.1, 0.15) is 50.7 Å². The number of rotatable bonds is 5. The van der Waals surface area contributed by atoms with E-state index in [1.807, 2.05) is 12.1 Å². The average Bonchev–Trinajstić information content (AvgIpc) is 2.28. The molecule has 0 bridgehead atoms. The molecule has 0 aromatic heterocycles. The third kappa shape index (κ3) is 3.99. The first-order valence-corrected chi connectivity index (χ1v) is 8.74. The summed E-state index contributed by atoms with van der Waals surface area (Å²) in [6, 6.07) is 5.91. The van der Waals surface area contributed by atoms with Gasteiger partial charge in [0.05, 0.1) is 5.69 Å². The number of benzene rings is 1. The Bertz CT molecular complexity index is 510. The molecule has 0 aliphatic heterocycles. The lowest BCUT2D eigenvalue weighted by Crippen LogP contribution is -2.15. The molecule has 0 spiro atoms. The summed E-state index contributed by atoms with van der Waals surface area (Å²) in [5, 5.41) is 0. The molecule has 0 amide bonds. The van der Waals surface area contributed by atoms with Gasteiger partial charge in [0.25, 0.3) is 0 Å². The lowest BCUT2D eigenvalue weighted by Gasteiger charge is -2.17. The van der Waals surface area contributed by atoms with E-state index >= 15 is 0 Å². The summed E-state index contributed by atoms with van der Waals surface area (Å²) in [7, 11) is -3.29. The van der Waals surface area contributed by atoms with E-state index in [-0.39, 0.29) is 10.6 Å². The maximum atomic E-state index is 11.6. The standard InChI is InChI=1S/C13H20BrNO2S/c1-9(2)11-5-6-13(12(7-11)10(3)4)15-18(16,17)8-14/h5-7,9-10,15H,8H2,1-4H3. The molecule has 0 fully saturated rings. The molecule has 3 nitrogen and oxygen atoms in total. The number of nitrogens with one attached hydrogen (secondary N) is 1. The average molecular weight is 334 g/mol. The fourth-order valence-corrected chi connectivity index (χ4v) is 2.62. The predicted octanol–water partition coefficient (Wildman–Crippen LogP) is 4.03. The van der Waals surface area contributed by atoms with E-state index in [9.17, 15) is 8.42 Å². The van der Waals surface area contributed by atoms with Gasteiger partial charge >= 0.3 is 0 Å². The molecule has 0 unspecified atom stereocenters. The fraction of sp³-hybridized carbons (Fsp3) is 0.538. The zero-order valence-corrected chi connectivity index (χ0v) is 13.6. The van der Waals surface area contributed by atoms with Crippen molar-refractivity contribution in [2.24, 2.45) is 0 Å². The minimum absolute atomic E-state index is 0.0938. The molecular weight excluding hydrogens is 314 g/mol. The Balaban J connectivity index is 3.20. The van der Waals surface area contributed by atoms with Gasteiger partial charge in [-0.2, -0.15) is 0 Å². The van der Waals surface area contributed by atoms with Crippen molar-refractivity contribution in [3.8, 4) is 0 Å². The van der Waals surface area contributed by atoms with Gasteiger partial charge in [0, 0.05) is 0 Å². The van der Waals surface area contributed by atoms with Crippen LogP contribution in [0.5, 0.6) is 0 Å². The molecular formula is C13H20BrNO2S. The topological polar surface area (TPSA) is 46.2 Å². The molecule has 1 aromatic rings. The summed E-state index contributed by atoms with van der Waals surface area (Å²) in [4.78, 5) is 0. The maximum absolute atomic E-state index is 11.6. The predicted molar refractivity (Wildman–Crippen MR) is 81.0 cm³/mol. The van der Waals surface area contributed by atoms with Crippen LogP contribution in [0.25, 0.3) is 0 Å². The van der Waals surface area contributed by atoms with Crippen LogP contribution in [0.2, 0.25) is 0 Å². The first-order valence-electron chi connectivity index (χ1n) is 5.97. The van der Waals surface area contributed by atoms with Crippen LogP contribution in [-0.2, 0) is 10.0 Å². The van der Waals surface area contributed by atoms with Crippen molar-refractivity contribution in [2.75, 3.05) is 9.38 Å². The summed E-state index contributed by atoms with van der Waals surface area (Å²) in [5.41, 5.74) is 2.93. The van der Waals surface area contributed by atoms with Gasteiger partial charge in [-0.05, 0) is 29.0 Å². The summed E-state index contributed by atoms with van der Waals surface area (Å²) in [6.07, 6.45) is 0. The third-order valence-electron chi connectivity index (χ3n) is 2.77. The Morgan fingerprint density at radius 3 is 2.22 bits per heavy atom. The number of alkyl halides is 1. The van der Waals surface area contributed by atoms with Gasteiger partial charge in [-0.15, -0.1) is 0 Å². The van der Waals surface area contributed by atoms with Crippen LogP contribution in [0, 0.1) is 0 Å². The van der Waals surface area contributed by atoms with Crippen LogP contribution in [-0.4, -0.2) is 13.1 Å². The van der Waals surface area contributed by atoms with Crippen molar-refractivity contribution in [2.45, 2.75) is 39.5 Å². The highest BCUT2D eigenvalue weighted by Gasteiger charge is 2.14.